The smallest absolute Gasteiger partial charge is 0.295 e. The maximum absolute atomic E-state index is 13.1. The first-order valence-electron chi connectivity index (χ1n) is 10.8. The molecule has 0 aromatic heterocycles. The number of benzene rings is 2. The standard InChI is InChI=1S/C25H29ClN2O4/c1-4-27(5-2)14-7-15-28-22(17-10-12-19(26)13-11-17)21(24(30)25(28)31)23(29)18-8-6-9-20(16-18)32-3/h6,8-13,16,22,29H,4-5,7,14-15H2,1-3H3/t22-/m0/s1. The molecule has 32 heavy (non-hydrogen) atoms. The molecule has 1 amide bonds. The van der Waals surface area contributed by atoms with Crippen LogP contribution in [0.15, 0.2) is 54.1 Å². The number of halogens is 1. The van der Waals surface area contributed by atoms with Crippen molar-refractivity contribution in [2.75, 3.05) is 33.3 Å². The number of likely N-dealkylation sites (tertiary alicyclic amines) is 1. The maximum Gasteiger partial charge on any atom is 0.295 e. The van der Waals surface area contributed by atoms with Gasteiger partial charge in [0.1, 0.15) is 11.5 Å². The summed E-state index contributed by atoms with van der Waals surface area (Å²) >= 11 is 6.06. The van der Waals surface area contributed by atoms with Crippen LogP contribution in [0.2, 0.25) is 5.02 Å². The molecule has 1 aliphatic heterocycles. The van der Waals surface area contributed by atoms with E-state index in [4.69, 9.17) is 16.3 Å². The second-order valence-corrected chi connectivity index (χ2v) is 8.09. The van der Waals surface area contributed by atoms with E-state index < -0.39 is 17.7 Å². The van der Waals surface area contributed by atoms with Gasteiger partial charge in [0.25, 0.3) is 11.7 Å². The van der Waals surface area contributed by atoms with Crippen molar-refractivity contribution in [1.82, 2.24) is 9.80 Å². The number of nitrogens with zero attached hydrogens (tertiary/aromatic N) is 2. The quantitative estimate of drug-likeness (QED) is 0.341. The monoisotopic (exact) mass is 456 g/mol. The molecule has 0 radical (unpaired) electrons. The summed E-state index contributed by atoms with van der Waals surface area (Å²) in [4.78, 5) is 29.9. The molecule has 1 N–H and O–H groups in total. The third-order valence-electron chi connectivity index (χ3n) is 5.84. The van der Waals surface area contributed by atoms with Gasteiger partial charge in [-0.1, -0.05) is 49.7 Å². The molecule has 2 aromatic rings. The highest BCUT2D eigenvalue weighted by Gasteiger charge is 2.45. The predicted octanol–water partition coefficient (Wildman–Crippen LogP) is 4.50. The minimum absolute atomic E-state index is 0.0772. The Morgan fingerprint density at radius 3 is 2.44 bits per heavy atom. The molecule has 1 saturated heterocycles. The van der Waals surface area contributed by atoms with E-state index >= 15 is 0 Å². The number of ketones is 1. The van der Waals surface area contributed by atoms with Crippen molar-refractivity contribution in [3.05, 3.63) is 70.3 Å². The van der Waals surface area contributed by atoms with Crippen molar-refractivity contribution in [2.24, 2.45) is 0 Å². The van der Waals surface area contributed by atoms with Crippen molar-refractivity contribution in [1.29, 1.82) is 0 Å². The lowest BCUT2D eigenvalue weighted by Gasteiger charge is -2.26. The lowest BCUT2D eigenvalue weighted by Crippen LogP contribution is -2.33. The molecule has 170 valence electrons. The predicted molar refractivity (Wildman–Crippen MR) is 126 cm³/mol. The zero-order valence-corrected chi connectivity index (χ0v) is 19.4. The molecule has 0 saturated carbocycles. The van der Waals surface area contributed by atoms with E-state index in [1.165, 1.54) is 7.11 Å². The Balaban J connectivity index is 2.03. The van der Waals surface area contributed by atoms with Gasteiger partial charge in [0, 0.05) is 17.1 Å². The van der Waals surface area contributed by atoms with Crippen LogP contribution >= 0.6 is 11.6 Å². The third kappa shape index (κ3) is 4.97. The summed E-state index contributed by atoms with van der Waals surface area (Å²) in [5, 5.41) is 11.7. The number of methoxy groups -OCH3 is 1. The molecular formula is C25H29ClN2O4. The fourth-order valence-electron chi connectivity index (χ4n) is 4.03. The average Bonchev–Trinajstić information content (AvgIpc) is 3.07. The maximum atomic E-state index is 13.1. The molecule has 7 heteroatoms. The number of hydrogen-bond acceptors (Lipinski definition) is 5. The van der Waals surface area contributed by atoms with Crippen molar-refractivity contribution in [2.45, 2.75) is 26.3 Å². The highest BCUT2D eigenvalue weighted by Crippen LogP contribution is 2.40. The van der Waals surface area contributed by atoms with Crippen LogP contribution in [-0.2, 0) is 9.59 Å². The topological polar surface area (TPSA) is 70.1 Å². The van der Waals surface area contributed by atoms with Crippen LogP contribution in [0.3, 0.4) is 0 Å². The summed E-state index contributed by atoms with van der Waals surface area (Å²) in [6, 6.07) is 13.1. The lowest BCUT2D eigenvalue weighted by molar-refractivity contribution is -0.140. The second kappa shape index (κ2) is 10.7. The summed E-state index contributed by atoms with van der Waals surface area (Å²) in [6.45, 7) is 7.26. The number of aliphatic hydroxyl groups excluding tert-OH is 1. The Hall–Kier alpha value is -2.83. The Morgan fingerprint density at radius 2 is 1.81 bits per heavy atom. The van der Waals surface area contributed by atoms with E-state index in [-0.39, 0.29) is 11.3 Å². The number of ether oxygens (including phenoxy) is 1. The fraction of sp³-hybridized carbons (Fsp3) is 0.360. The molecule has 3 rings (SSSR count). The van der Waals surface area contributed by atoms with Crippen molar-refractivity contribution >= 4 is 29.1 Å². The van der Waals surface area contributed by atoms with Crippen LogP contribution in [0.1, 0.15) is 37.4 Å². The Morgan fingerprint density at radius 1 is 1.12 bits per heavy atom. The largest absolute Gasteiger partial charge is 0.507 e. The molecule has 6 nitrogen and oxygen atoms in total. The second-order valence-electron chi connectivity index (χ2n) is 7.66. The summed E-state index contributed by atoms with van der Waals surface area (Å²) in [5.74, 6) is -0.957. The van der Waals surface area contributed by atoms with E-state index in [1.54, 1.807) is 53.4 Å². The number of aliphatic hydroxyl groups is 1. The number of hydrogen-bond donors (Lipinski definition) is 1. The SMILES string of the molecule is CCN(CC)CCCN1C(=O)C(=O)C(=C(O)c2cccc(OC)c2)[C@@H]1c1ccc(Cl)cc1. The lowest BCUT2D eigenvalue weighted by atomic mass is 9.95. The van der Waals surface area contributed by atoms with E-state index in [9.17, 15) is 14.7 Å². The van der Waals surface area contributed by atoms with Gasteiger partial charge >= 0.3 is 0 Å². The highest BCUT2D eigenvalue weighted by atomic mass is 35.5. The summed E-state index contributed by atoms with van der Waals surface area (Å²) in [6.07, 6.45) is 0.720. The Bertz CT molecular complexity index is 999. The normalized spacial score (nSPS) is 17.9. The van der Waals surface area contributed by atoms with E-state index in [1.807, 2.05) is 0 Å². The van der Waals surface area contributed by atoms with Gasteiger partial charge in [-0.05, 0) is 55.9 Å². The molecule has 0 unspecified atom stereocenters. The Kier molecular flexibility index (Phi) is 7.94. The molecule has 1 aliphatic rings. The molecule has 1 fully saturated rings. The van der Waals surface area contributed by atoms with Gasteiger partial charge in [0.05, 0.1) is 18.7 Å². The molecule has 0 aliphatic carbocycles. The van der Waals surface area contributed by atoms with Crippen molar-refractivity contribution in [3.8, 4) is 5.75 Å². The average molecular weight is 457 g/mol. The Labute approximate surface area is 194 Å². The fourth-order valence-corrected chi connectivity index (χ4v) is 4.16. The van der Waals surface area contributed by atoms with E-state index in [2.05, 4.69) is 18.7 Å². The van der Waals surface area contributed by atoms with Crippen molar-refractivity contribution < 1.29 is 19.4 Å². The summed E-state index contributed by atoms with van der Waals surface area (Å²) in [7, 11) is 1.53. The summed E-state index contributed by atoms with van der Waals surface area (Å²) in [5.41, 5.74) is 1.22. The zero-order valence-electron chi connectivity index (χ0n) is 18.7. The number of amides is 1. The molecular weight excluding hydrogens is 428 g/mol. The van der Waals surface area contributed by atoms with Gasteiger partial charge in [0.15, 0.2) is 0 Å². The van der Waals surface area contributed by atoms with Crippen LogP contribution in [0.4, 0.5) is 0 Å². The minimum atomic E-state index is -0.687. The molecule has 1 heterocycles. The number of carbonyl (C=O) groups excluding carboxylic acids is 2. The zero-order chi connectivity index (χ0) is 23.3. The molecule has 1 atom stereocenters. The number of rotatable bonds is 9. The van der Waals surface area contributed by atoms with Crippen LogP contribution in [0.5, 0.6) is 5.75 Å². The minimum Gasteiger partial charge on any atom is -0.507 e. The molecule has 2 aromatic carbocycles. The summed E-state index contributed by atoms with van der Waals surface area (Å²) < 4.78 is 5.24. The van der Waals surface area contributed by atoms with E-state index in [0.717, 1.165) is 31.6 Å². The van der Waals surface area contributed by atoms with Gasteiger partial charge in [0.2, 0.25) is 0 Å². The first kappa shape index (κ1) is 23.8. The number of carbonyl (C=O) groups is 2. The van der Waals surface area contributed by atoms with Crippen LogP contribution in [-0.4, -0.2) is 59.9 Å². The van der Waals surface area contributed by atoms with Crippen LogP contribution < -0.4 is 4.74 Å². The molecule has 0 bridgehead atoms. The number of Topliss-reactive ketones (excluding diaryl/α,β-unsaturated/α-hetero) is 1. The third-order valence-corrected chi connectivity index (χ3v) is 6.09. The van der Waals surface area contributed by atoms with Gasteiger partial charge < -0.3 is 19.6 Å². The molecule has 0 spiro atoms. The first-order valence-corrected chi connectivity index (χ1v) is 11.2. The van der Waals surface area contributed by atoms with Crippen LogP contribution in [0, 0.1) is 0 Å². The van der Waals surface area contributed by atoms with Gasteiger partial charge in [-0.3, -0.25) is 9.59 Å². The van der Waals surface area contributed by atoms with Crippen LogP contribution in [0.25, 0.3) is 5.76 Å². The van der Waals surface area contributed by atoms with Gasteiger partial charge in [-0.25, -0.2) is 0 Å². The first-order chi connectivity index (χ1) is 15.4. The van der Waals surface area contributed by atoms with Gasteiger partial charge in [-0.2, -0.15) is 0 Å². The van der Waals surface area contributed by atoms with Crippen molar-refractivity contribution in [3.63, 3.8) is 0 Å². The highest BCUT2D eigenvalue weighted by molar-refractivity contribution is 6.46. The van der Waals surface area contributed by atoms with E-state index in [0.29, 0.717) is 22.9 Å². The van der Waals surface area contributed by atoms with Gasteiger partial charge in [-0.15, -0.1) is 0 Å².